The molecule has 1 aliphatic heterocycles. The monoisotopic (exact) mass is 342 g/mol. The summed E-state index contributed by atoms with van der Waals surface area (Å²) in [5.41, 5.74) is 0.855. The van der Waals surface area contributed by atoms with E-state index in [-0.39, 0.29) is 11.6 Å². The molecule has 8 nitrogen and oxygen atoms in total. The average Bonchev–Trinajstić information content (AvgIpc) is 3.02. The number of hydrogen-bond donors (Lipinski definition) is 1. The number of para-hydroxylation sites is 2. The van der Waals surface area contributed by atoms with Crippen LogP contribution in [0.2, 0.25) is 0 Å². The highest BCUT2D eigenvalue weighted by atomic mass is 16.5. The van der Waals surface area contributed by atoms with Crippen molar-refractivity contribution in [3.8, 4) is 5.75 Å². The first-order valence-electron chi connectivity index (χ1n) is 7.77. The summed E-state index contributed by atoms with van der Waals surface area (Å²) in [6.07, 6.45) is 0.622. The van der Waals surface area contributed by atoms with Crippen molar-refractivity contribution in [2.75, 3.05) is 31.0 Å². The van der Waals surface area contributed by atoms with Crippen LogP contribution < -0.4 is 15.0 Å². The van der Waals surface area contributed by atoms with Crippen LogP contribution in [0.25, 0.3) is 0 Å². The van der Waals surface area contributed by atoms with Crippen LogP contribution in [0.5, 0.6) is 5.75 Å². The van der Waals surface area contributed by atoms with E-state index in [9.17, 15) is 9.59 Å². The molecule has 2 aromatic rings. The van der Waals surface area contributed by atoms with Gasteiger partial charge in [-0.25, -0.2) is 4.79 Å². The normalized spacial score (nSPS) is 16.6. The highest BCUT2D eigenvalue weighted by Gasteiger charge is 2.34. The molecular formula is C17H18N4O4. The van der Waals surface area contributed by atoms with Gasteiger partial charge in [-0.2, -0.15) is 0 Å². The lowest BCUT2D eigenvalue weighted by Gasteiger charge is -2.19. The number of carbonyl (C=O) groups excluding carboxylic acids is 2. The lowest BCUT2D eigenvalue weighted by molar-refractivity contribution is -0.117. The molecule has 0 spiro atoms. The van der Waals surface area contributed by atoms with Crippen LogP contribution >= 0.6 is 0 Å². The van der Waals surface area contributed by atoms with Gasteiger partial charge in [0.15, 0.2) is 5.69 Å². The van der Waals surface area contributed by atoms with Crippen LogP contribution in [0.15, 0.2) is 36.4 Å². The van der Waals surface area contributed by atoms with E-state index >= 15 is 0 Å². The maximum atomic E-state index is 12.7. The smallest absolute Gasteiger partial charge is 0.358 e. The molecule has 1 fully saturated rings. The van der Waals surface area contributed by atoms with Crippen molar-refractivity contribution in [3.63, 3.8) is 0 Å². The second-order valence-corrected chi connectivity index (χ2v) is 5.44. The predicted octanol–water partition coefficient (Wildman–Crippen LogP) is 1.49. The van der Waals surface area contributed by atoms with E-state index in [2.05, 4.69) is 20.3 Å². The van der Waals surface area contributed by atoms with Gasteiger partial charge in [-0.05, 0) is 30.7 Å². The van der Waals surface area contributed by atoms with Gasteiger partial charge >= 0.3 is 5.97 Å². The number of anilines is 2. The zero-order valence-corrected chi connectivity index (χ0v) is 13.9. The van der Waals surface area contributed by atoms with Crippen LogP contribution in [0.3, 0.4) is 0 Å². The van der Waals surface area contributed by atoms with Crippen LogP contribution in [0.4, 0.5) is 11.5 Å². The Labute approximate surface area is 144 Å². The molecule has 0 saturated carbocycles. The quantitative estimate of drug-likeness (QED) is 0.823. The van der Waals surface area contributed by atoms with Gasteiger partial charge in [-0.15, -0.1) is 10.2 Å². The molecule has 1 N–H and O–H groups in total. The van der Waals surface area contributed by atoms with Gasteiger partial charge in [0.25, 0.3) is 0 Å². The number of aromatic nitrogens is 2. The summed E-state index contributed by atoms with van der Waals surface area (Å²) < 4.78 is 9.90. The van der Waals surface area contributed by atoms with Crippen molar-refractivity contribution in [3.05, 3.63) is 42.1 Å². The number of benzene rings is 1. The molecule has 1 aromatic carbocycles. The molecule has 3 rings (SSSR count). The van der Waals surface area contributed by atoms with Crippen molar-refractivity contribution < 1.29 is 19.1 Å². The van der Waals surface area contributed by atoms with E-state index in [4.69, 9.17) is 4.74 Å². The largest absolute Gasteiger partial charge is 0.495 e. The number of ether oxygens (including phenoxy) is 2. The zero-order valence-electron chi connectivity index (χ0n) is 13.9. The summed E-state index contributed by atoms with van der Waals surface area (Å²) in [7, 11) is 2.85. The molecule has 1 saturated heterocycles. The van der Waals surface area contributed by atoms with Gasteiger partial charge < -0.3 is 19.7 Å². The molecule has 0 unspecified atom stereocenters. The Morgan fingerprint density at radius 2 is 2.00 bits per heavy atom. The summed E-state index contributed by atoms with van der Waals surface area (Å²) in [6.45, 7) is 0.574. The summed E-state index contributed by atoms with van der Waals surface area (Å²) >= 11 is 0. The van der Waals surface area contributed by atoms with Crippen LogP contribution in [0.1, 0.15) is 16.9 Å². The molecule has 8 heteroatoms. The Kier molecular flexibility index (Phi) is 4.78. The fourth-order valence-electron chi connectivity index (χ4n) is 2.71. The van der Waals surface area contributed by atoms with Crippen molar-refractivity contribution in [1.82, 2.24) is 10.2 Å². The third-order valence-corrected chi connectivity index (χ3v) is 3.96. The van der Waals surface area contributed by atoms with Gasteiger partial charge in [-0.3, -0.25) is 4.79 Å². The van der Waals surface area contributed by atoms with E-state index in [0.29, 0.717) is 24.5 Å². The Morgan fingerprint density at radius 3 is 2.68 bits per heavy atom. The Balaban J connectivity index is 1.71. The minimum absolute atomic E-state index is 0.0663. The maximum Gasteiger partial charge on any atom is 0.358 e. The Hall–Kier alpha value is -3.16. The standard InChI is InChI=1S/C17H18N4O4/c1-24-14-6-4-3-5-13(14)21-10-9-11(16(21)22)18-15-8-7-12(19-20-15)17(23)25-2/h3-8,11H,9-10H2,1-2H3,(H,18,20)/t11-/m1/s1. The average molecular weight is 342 g/mol. The number of carbonyl (C=O) groups is 2. The molecule has 2 heterocycles. The minimum Gasteiger partial charge on any atom is -0.495 e. The first-order chi connectivity index (χ1) is 12.1. The molecule has 0 aliphatic carbocycles. The number of esters is 1. The topological polar surface area (TPSA) is 93.7 Å². The molecule has 0 bridgehead atoms. The highest BCUT2D eigenvalue weighted by molar-refractivity contribution is 6.02. The van der Waals surface area contributed by atoms with Crippen LogP contribution in [-0.4, -0.2) is 48.9 Å². The van der Waals surface area contributed by atoms with E-state index in [1.807, 2.05) is 24.3 Å². The van der Waals surface area contributed by atoms with Crippen LogP contribution in [0, 0.1) is 0 Å². The van der Waals surface area contributed by atoms with E-state index in [0.717, 1.165) is 5.69 Å². The first kappa shape index (κ1) is 16.7. The molecule has 1 aromatic heterocycles. The van der Waals surface area contributed by atoms with Gasteiger partial charge in [0.1, 0.15) is 17.6 Å². The maximum absolute atomic E-state index is 12.7. The molecule has 1 atom stereocenters. The number of rotatable bonds is 5. The summed E-state index contributed by atoms with van der Waals surface area (Å²) in [5.74, 6) is 0.452. The summed E-state index contributed by atoms with van der Waals surface area (Å²) in [4.78, 5) is 25.7. The SMILES string of the molecule is COC(=O)c1ccc(N[C@@H]2CCN(c3ccccc3OC)C2=O)nn1. The summed E-state index contributed by atoms with van der Waals surface area (Å²) in [6, 6.07) is 10.1. The second-order valence-electron chi connectivity index (χ2n) is 5.44. The number of nitrogens with one attached hydrogen (secondary N) is 1. The second kappa shape index (κ2) is 7.16. The van der Waals surface area contributed by atoms with Crippen LogP contribution in [-0.2, 0) is 9.53 Å². The zero-order chi connectivity index (χ0) is 17.8. The van der Waals surface area contributed by atoms with Gasteiger partial charge in [-0.1, -0.05) is 12.1 Å². The lowest BCUT2D eigenvalue weighted by Crippen LogP contribution is -2.33. The van der Waals surface area contributed by atoms with E-state index in [1.165, 1.54) is 13.2 Å². The molecule has 1 aliphatic rings. The number of nitrogens with zero attached hydrogens (tertiary/aromatic N) is 3. The first-order valence-corrected chi connectivity index (χ1v) is 7.77. The molecule has 25 heavy (non-hydrogen) atoms. The number of amides is 1. The van der Waals surface area contributed by atoms with Crippen molar-refractivity contribution >= 4 is 23.4 Å². The summed E-state index contributed by atoms with van der Waals surface area (Å²) in [5, 5.41) is 10.8. The van der Waals surface area contributed by atoms with Crippen molar-refractivity contribution in [2.45, 2.75) is 12.5 Å². The van der Waals surface area contributed by atoms with Crippen molar-refractivity contribution in [2.24, 2.45) is 0 Å². The van der Waals surface area contributed by atoms with E-state index < -0.39 is 12.0 Å². The van der Waals surface area contributed by atoms with Crippen molar-refractivity contribution in [1.29, 1.82) is 0 Å². The molecular weight excluding hydrogens is 324 g/mol. The van der Waals surface area contributed by atoms with Gasteiger partial charge in [0, 0.05) is 6.54 Å². The molecule has 0 radical (unpaired) electrons. The number of methoxy groups -OCH3 is 2. The minimum atomic E-state index is -0.557. The van der Waals surface area contributed by atoms with Gasteiger partial charge in [0.2, 0.25) is 5.91 Å². The predicted molar refractivity (Wildman–Crippen MR) is 90.7 cm³/mol. The Morgan fingerprint density at radius 1 is 1.20 bits per heavy atom. The molecule has 1 amide bonds. The Bertz CT molecular complexity index is 778. The highest BCUT2D eigenvalue weighted by Crippen LogP contribution is 2.31. The fourth-order valence-corrected chi connectivity index (χ4v) is 2.71. The third kappa shape index (κ3) is 3.37. The fraction of sp³-hybridized carbons (Fsp3) is 0.294. The lowest BCUT2D eigenvalue weighted by atomic mass is 10.2. The molecule has 130 valence electrons. The number of hydrogen-bond acceptors (Lipinski definition) is 7. The van der Waals surface area contributed by atoms with E-state index in [1.54, 1.807) is 18.1 Å². The third-order valence-electron chi connectivity index (χ3n) is 3.96. The van der Waals surface area contributed by atoms with Gasteiger partial charge in [0.05, 0.1) is 19.9 Å².